The number of hydrogen-bond acceptors (Lipinski definition) is 4. The molecule has 4 amide bonds. The first-order valence-electron chi connectivity index (χ1n) is 8.36. The predicted octanol–water partition coefficient (Wildman–Crippen LogP) is 1.14. The number of primary amides is 1. The molecule has 0 aliphatic carbocycles. The van der Waals surface area contributed by atoms with E-state index in [1.807, 2.05) is 37.3 Å². The van der Waals surface area contributed by atoms with Gasteiger partial charge in [0, 0.05) is 20.0 Å². The van der Waals surface area contributed by atoms with Crippen LogP contribution < -0.4 is 5.73 Å². The van der Waals surface area contributed by atoms with Crippen molar-refractivity contribution in [2.75, 3.05) is 13.6 Å². The van der Waals surface area contributed by atoms with Crippen LogP contribution in [-0.2, 0) is 16.0 Å². The van der Waals surface area contributed by atoms with Crippen LogP contribution in [0, 0.1) is 0 Å². The predicted molar refractivity (Wildman–Crippen MR) is 94.6 cm³/mol. The standard InChI is InChI=1S/C18H27N3O4/c1-4-10-21(16(23)11-13(2)22)18(25)20(3)15(17(19)24)12-14-8-6-5-7-9-14/h5-9,13,15,22H,4,10-12H2,1-3H3,(H2,19,24)/t13-,15?/m1/s1. The monoisotopic (exact) mass is 349 g/mol. The molecular formula is C18H27N3O4. The second kappa shape index (κ2) is 9.78. The third-order valence-corrected chi connectivity index (χ3v) is 3.82. The van der Waals surface area contributed by atoms with Crippen LogP contribution in [0.2, 0.25) is 0 Å². The number of likely N-dealkylation sites (N-methyl/N-ethyl adjacent to an activating group) is 1. The summed E-state index contributed by atoms with van der Waals surface area (Å²) in [5.41, 5.74) is 6.34. The largest absolute Gasteiger partial charge is 0.393 e. The smallest absolute Gasteiger partial charge is 0.327 e. The highest BCUT2D eigenvalue weighted by atomic mass is 16.3. The van der Waals surface area contributed by atoms with Gasteiger partial charge in [0.05, 0.1) is 12.5 Å². The van der Waals surface area contributed by atoms with Gasteiger partial charge in [-0.3, -0.25) is 14.5 Å². The fraction of sp³-hybridized carbons (Fsp3) is 0.500. The van der Waals surface area contributed by atoms with E-state index >= 15 is 0 Å². The molecule has 0 aliphatic rings. The number of benzene rings is 1. The van der Waals surface area contributed by atoms with Gasteiger partial charge in [-0.05, 0) is 18.9 Å². The molecule has 2 atom stereocenters. The fourth-order valence-electron chi connectivity index (χ4n) is 2.50. The minimum absolute atomic E-state index is 0.153. The van der Waals surface area contributed by atoms with Crippen molar-refractivity contribution in [2.24, 2.45) is 5.73 Å². The van der Waals surface area contributed by atoms with Gasteiger partial charge in [-0.2, -0.15) is 0 Å². The number of hydrogen-bond donors (Lipinski definition) is 2. The van der Waals surface area contributed by atoms with Crippen molar-refractivity contribution in [1.82, 2.24) is 9.80 Å². The zero-order valence-corrected chi connectivity index (χ0v) is 15.0. The Morgan fingerprint density at radius 1 is 1.20 bits per heavy atom. The first kappa shape index (κ1) is 20.6. The number of aliphatic hydroxyl groups is 1. The van der Waals surface area contributed by atoms with Crippen LogP contribution in [0.5, 0.6) is 0 Å². The zero-order chi connectivity index (χ0) is 19.0. The van der Waals surface area contributed by atoms with Crippen molar-refractivity contribution in [1.29, 1.82) is 0 Å². The highest BCUT2D eigenvalue weighted by Crippen LogP contribution is 2.12. The molecule has 0 spiro atoms. The lowest BCUT2D eigenvalue weighted by atomic mass is 10.0. The van der Waals surface area contributed by atoms with Crippen LogP contribution in [-0.4, -0.2) is 58.5 Å². The minimum atomic E-state index is -0.867. The Balaban J connectivity index is 2.96. The summed E-state index contributed by atoms with van der Waals surface area (Å²) in [6.45, 7) is 3.54. The summed E-state index contributed by atoms with van der Waals surface area (Å²) < 4.78 is 0. The Hall–Kier alpha value is -2.41. The van der Waals surface area contributed by atoms with Crippen LogP contribution >= 0.6 is 0 Å². The Bertz CT molecular complexity index is 589. The second-order valence-electron chi connectivity index (χ2n) is 6.10. The molecule has 0 aromatic heterocycles. The van der Waals surface area contributed by atoms with Gasteiger partial charge in [-0.1, -0.05) is 37.3 Å². The Kier molecular flexibility index (Phi) is 8.07. The third-order valence-electron chi connectivity index (χ3n) is 3.82. The molecule has 1 unspecified atom stereocenters. The summed E-state index contributed by atoms with van der Waals surface area (Å²) in [6.07, 6.45) is -0.158. The fourth-order valence-corrected chi connectivity index (χ4v) is 2.50. The van der Waals surface area contributed by atoms with E-state index < -0.39 is 30.0 Å². The first-order valence-corrected chi connectivity index (χ1v) is 8.36. The lowest BCUT2D eigenvalue weighted by Gasteiger charge is -2.31. The second-order valence-corrected chi connectivity index (χ2v) is 6.10. The Morgan fingerprint density at radius 3 is 2.28 bits per heavy atom. The Labute approximate surface area is 148 Å². The summed E-state index contributed by atoms with van der Waals surface area (Å²) in [4.78, 5) is 39.1. The number of urea groups is 1. The van der Waals surface area contributed by atoms with Gasteiger partial charge < -0.3 is 15.7 Å². The molecule has 0 bridgehead atoms. The molecule has 0 fully saturated rings. The van der Waals surface area contributed by atoms with Crippen LogP contribution in [0.4, 0.5) is 4.79 Å². The van der Waals surface area contributed by atoms with Crippen molar-refractivity contribution >= 4 is 17.8 Å². The summed E-state index contributed by atoms with van der Waals surface area (Å²) in [5, 5.41) is 9.41. The van der Waals surface area contributed by atoms with Crippen molar-refractivity contribution in [3.05, 3.63) is 35.9 Å². The number of carbonyl (C=O) groups excluding carboxylic acids is 3. The number of nitrogens with two attached hydrogens (primary N) is 1. The van der Waals surface area contributed by atoms with E-state index in [9.17, 15) is 19.5 Å². The van der Waals surface area contributed by atoms with Crippen molar-refractivity contribution in [3.8, 4) is 0 Å². The van der Waals surface area contributed by atoms with Crippen LogP contribution in [0.25, 0.3) is 0 Å². The lowest BCUT2D eigenvalue weighted by Crippen LogP contribution is -2.53. The Morgan fingerprint density at radius 2 is 1.80 bits per heavy atom. The van der Waals surface area contributed by atoms with Crippen LogP contribution in [0.3, 0.4) is 0 Å². The van der Waals surface area contributed by atoms with Gasteiger partial charge in [0.1, 0.15) is 6.04 Å². The maximum atomic E-state index is 12.7. The van der Waals surface area contributed by atoms with Gasteiger partial charge in [-0.15, -0.1) is 0 Å². The van der Waals surface area contributed by atoms with Crippen molar-refractivity contribution < 1.29 is 19.5 Å². The summed E-state index contributed by atoms with van der Waals surface area (Å²) in [6, 6.07) is 7.76. The molecule has 1 aromatic carbocycles. The number of imide groups is 1. The van der Waals surface area contributed by atoms with E-state index in [0.29, 0.717) is 6.42 Å². The highest BCUT2D eigenvalue weighted by molar-refractivity contribution is 5.96. The van der Waals surface area contributed by atoms with Crippen LogP contribution in [0.1, 0.15) is 32.3 Å². The lowest BCUT2D eigenvalue weighted by molar-refractivity contribution is -0.131. The van der Waals surface area contributed by atoms with E-state index in [1.165, 1.54) is 18.9 Å². The van der Waals surface area contributed by atoms with Crippen molar-refractivity contribution in [3.63, 3.8) is 0 Å². The molecule has 0 saturated heterocycles. The van der Waals surface area contributed by atoms with E-state index in [-0.39, 0.29) is 19.4 Å². The minimum Gasteiger partial charge on any atom is -0.393 e. The van der Waals surface area contributed by atoms with Gasteiger partial charge >= 0.3 is 6.03 Å². The highest BCUT2D eigenvalue weighted by Gasteiger charge is 2.31. The number of nitrogens with zero attached hydrogens (tertiary/aromatic N) is 2. The molecule has 1 rings (SSSR count). The maximum Gasteiger partial charge on any atom is 0.327 e. The van der Waals surface area contributed by atoms with Gasteiger partial charge in [0.15, 0.2) is 0 Å². The average molecular weight is 349 g/mol. The SMILES string of the molecule is CCCN(C(=O)C[C@@H](C)O)C(=O)N(C)C(Cc1ccccc1)C(N)=O. The molecule has 0 heterocycles. The maximum absolute atomic E-state index is 12.7. The topological polar surface area (TPSA) is 104 Å². The van der Waals surface area contributed by atoms with E-state index in [0.717, 1.165) is 10.5 Å². The molecule has 1 aromatic rings. The molecule has 25 heavy (non-hydrogen) atoms. The normalized spacial score (nSPS) is 13.0. The molecule has 0 aliphatic heterocycles. The molecule has 0 saturated carbocycles. The van der Waals surface area contributed by atoms with Crippen molar-refractivity contribution in [2.45, 2.75) is 45.3 Å². The van der Waals surface area contributed by atoms with Gasteiger partial charge in [0.2, 0.25) is 11.8 Å². The van der Waals surface area contributed by atoms with E-state index in [4.69, 9.17) is 5.73 Å². The third kappa shape index (κ3) is 6.19. The van der Waals surface area contributed by atoms with Gasteiger partial charge in [-0.25, -0.2) is 4.79 Å². The quantitative estimate of drug-likeness (QED) is 0.734. The number of aliphatic hydroxyl groups excluding tert-OH is 1. The number of amides is 4. The van der Waals surface area contributed by atoms with E-state index in [1.54, 1.807) is 0 Å². The molecular weight excluding hydrogens is 322 g/mol. The molecule has 138 valence electrons. The van der Waals surface area contributed by atoms with Crippen LogP contribution in [0.15, 0.2) is 30.3 Å². The number of carbonyl (C=O) groups is 3. The first-order chi connectivity index (χ1) is 11.8. The summed E-state index contributed by atoms with van der Waals surface area (Å²) in [7, 11) is 1.46. The van der Waals surface area contributed by atoms with Gasteiger partial charge in [0.25, 0.3) is 0 Å². The number of rotatable bonds is 8. The summed E-state index contributed by atoms with van der Waals surface area (Å²) >= 11 is 0. The van der Waals surface area contributed by atoms with E-state index in [2.05, 4.69) is 0 Å². The average Bonchev–Trinajstić information content (AvgIpc) is 2.56. The molecule has 7 nitrogen and oxygen atoms in total. The molecule has 3 N–H and O–H groups in total. The molecule has 7 heteroatoms. The zero-order valence-electron chi connectivity index (χ0n) is 15.0. The molecule has 0 radical (unpaired) electrons. The summed E-state index contributed by atoms with van der Waals surface area (Å²) in [5.74, 6) is -1.12.